The maximum atomic E-state index is 11.9. The van der Waals surface area contributed by atoms with Crippen LogP contribution in [0.3, 0.4) is 0 Å². The van der Waals surface area contributed by atoms with Gasteiger partial charge in [-0.3, -0.25) is 38.4 Å². The number of carbonyl (C=O) groups is 8. The summed E-state index contributed by atoms with van der Waals surface area (Å²) in [4.78, 5) is 89.3. The molecule has 0 fully saturated rings. The minimum Gasteiger partial charge on any atom is -0.481 e. The van der Waals surface area contributed by atoms with E-state index >= 15 is 0 Å². The van der Waals surface area contributed by atoms with Crippen LogP contribution in [0.5, 0.6) is 0 Å². The molecule has 2 atom stereocenters. The number of amides is 4. The van der Waals surface area contributed by atoms with Crippen molar-refractivity contribution in [3.8, 4) is 0 Å². The zero-order chi connectivity index (χ0) is 47.2. The Labute approximate surface area is 374 Å². The molecule has 0 aliphatic heterocycles. The molecule has 0 saturated carbocycles. The normalized spacial score (nSPS) is 11.5. The fourth-order valence-corrected chi connectivity index (χ4v) is 6.15. The zero-order valence-corrected chi connectivity index (χ0v) is 39.3. The minimum atomic E-state index is -0.903. The Kier molecular flexibility index (Phi) is 47.2. The number of hydrogen-bond donors (Lipinski definition) is 7. The van der Waals surface area contributed by atoms with Crippen molar-refractivity contribution in [3.05, 3.63) is 0 Å². The lowest BCUT2D eigenvalue weighted by Crippen LogP contribution is -2.39. The molecule has 0 rings (SSSR count). The zero-order valence-electron chi connectivity index (χ0n) is 39.3. The summed E-state index contributed by atoms with van der Waals surface area (Å²) < 4.78 is 0. The number of primary amides is 1. The summed E-state index contributed by atoms with van der Waals surface area (Å²) in [5, 5.41) is 25.2. The van der Waals surface area contributed by atoms with Crippen molar-refractivity contribution in [2.24, 2.45) is 17.4 Å². The van der Waals surface area contributed by atoms with Crippen molar-refractivity contribution in [2.75, 3.05) is 26.2 Å². The highest BCUT2D eigenvalue weighted by molar-refractivity contribution is 5.80. The molecule has 0 aliphatic rings. The van der Waals surface area contributed by atoms with Gasteiger partial charge >= 0.3 is 5.97 Å². The van der Waals surface area contributed by atoms with E-state index in [9.17, 15) is 38.4 Å². The van der Waals surface area contributed by atoms with E-state index in [0.717, 1.165) is 83.5 Å². The number of ketones is 3. The van der Waals surface area contributed by atoms with Gasteiger partial charge in [-0.1, -0.05) is 84.5 Å². The van der Waals surface area contributed by atoms with Crippen LogP contribution in [-0.4, -0.2) is 89.4 Å². The summed E-state index contributed by atoms with van der Waals surface area (Å²) in [5.41, 5.74) is 9.51. The third-order valence-corrected chi connectivity index (χ3v) is 10.3. The number of carbonyl (C=O) groups excluding carboxylic acids is 7. The Balaban J connectivity index is -0.00000105. The third-order valence-electron chi connectivity index (χ3n) is 10.3. The molecule has 0 aromatic heterocycles. The fraction of sp³-hybridized carbons (Fsp3) is 0.830. The Morgan fingerprint density at radius 3 is 1.26 bits per heavy atom. The van der Waals surface area contributed by atoms with Crippen LogP contribution in [0.15, 0.2) is 0 Å². The summed E-state index contributed by atoms with van der Waals surface area (Å²) in [7, 11) is 0. The molecule has 0 radical (unpaired) electrons. The highest BCUT2D eigenvalue weighted by atomic mass is 16.4. The van der Waals surface area contributed by atoms with Crippen LogP contribution in [0.4, 0.5) is 0 Å². The number of hydrogen-bond acceptors (Lipinski definition) is 10. The molecule has 362 valence electrons. The van der Waals surface area contributed by atoms with Gasteiger partial charge in [0.2, 0.25) is 23.6 Å². The highest BCUT2D eigenvalue weighted by Crippen LogP contribution is 2.13. The van der Waals surface area contributed by atoms with Crippen LogP contribution in [0.2, 0.25) is 0 Å². The van der Waals surface area contributed by atoms with E-state index in [2.05, 4.69) is 21.7 Å². The van der Waals surface area contributed by atoms with Crippen molar-refractivity contribution in [1.82, 2.24) is 16.0 Å². The number of unbranched alkanes of at least 4 members (excludes halogenated alkanes) is 14. The first-order chi connectivity index (χ1) is 29.6. The van der Waals surface area contributed by atoms with Crippen molar-refractivity contribution >= 4 is 46.9 Å². The van der Waals surface area contributed by atoms with E-state index in [1.807, 2.05) is 20.8 Å². The molecule has 0 saturated heterocycles. The standard InChI is InChI=1S/C27H50N2O5.C17H31NO3.C3H8N2O2/c1-2-28-25(31)21-16-15-18-24(30)19-17-23-29-26(32)20-13-11-9-7-5-3-4-6-8-10-12-14-22-27(33)34;1-4-9-16(20)11-5-6-12-17(21)18-13-8-7-10-14(2)15(3)19;4-2(1-6)3(5)7/h2-23H2,1H3,(H,28,31)(H,29,32)(H,33,34);14H,4-13H2,1-3H3,(H,18,21);2,6H,1,4H2,(H2,5,7)/t;14-;2-/m.00/s1. The van der Waals surface area contributed by atoms with Crippen LogP contribution in [0, 0.1) is 5.92 Å². The van der Waals surface area contributed by atoms with E-state index in [4.69, 9.17) is 15.9 Å². The number of rotatable bonds is 40. The largest absolute Gasteiger partial charge is 0.481 e. The molecule has 15 nitrogen and oxygen atoms in total. The van der Waals surface area contributed by atoms with Crippen LogP contribution in [-0.2, 0) is 38.4 Å². The summed E-state index contributed by atoms with van der Waals surface area (Å²) >= 11 is 0. The molecule has 0 unspecified atom stereocenters. The average Bonchev–Trinajstić information content (AvgIpc) is 3.22. The number of carboxylic acids is 1. The molecule has 9 N–H and O–H groups in total. The van der Waals surface area contributed by atoms with Crippen molar-refractivity contribution in [2.45, 2.75) is 220 Å². The lowest BCUT2D eigenvalue weighted by molar-refractivity contribution is -0.137. The van der Waals surface area contributed by atoms with Crippen molar-refractivity contribution in [1.29, 1.82) is 0 Å². The molecule has 0 aromatic carbocycles. The van der Waals surface area contributed by atoms with Crippen LogP contribution >= 0.6 is 0 Å². The predicted octanol–water partition coefficient (Wildman–Crippen LogP) is 6.91. The number of nitrogens with two attached hydrogens (primary N) is 2. The molecule has 15 heteroatoms. The van der Waals surface area contributed by atoms with Gasteiger partial charge in [0.05, 0.1) is 6.61 Å². The quantitative estimate of drug-likeness (QED) is 0.0311. The average molecular weight is 884 g/mol. The highest BCUT2D eigenvalue weighted by Gasteiger charge is 2.09. The van der Waals surface area contributed by atoms with Crippen molar-refractivity contribution < 1.29 is 48.6 Å². The van der Waals surface area contributed by atoms with Gasteiger partial charge < -0.3 is 37.6 Å². The Morgan fingerprint density at radius 1 is 0.500 bits per heavy atom. The summed E-state index contributed by atoms with van der Waals surface area (Å²) in [5.74, 6) is -0.301. The van der Waals surface area contributed by atoms with E-state index in [-0.39, 0.29) is 41.8 Å². The second-order valence-electron chi connectivity index (χ2n) is 16.3. The Hall–Kier alpha value is -3.72. The first kappa shape index (κ1) is 62.6. The SMILES string of the molecule is CCCC(=O)CCCCC(=O)NCCCC[C@H](C)C(C)=O.CCNC(=O)CCCCC(=O)CCCNC(=O)CCCCCCCCCCCCCCC(=O)O.NC(=O)[C@@H](N)CO. The predicted molar refractivity (Wildman–Crippen MR) is 246 cm³/mol. The number of nitrogens with one attached hydrogen (secondary N) is 3. The molecule has 0 bridgehead atoms. The number of carboxylic acid groups (broad SMARTS) is 1. The Morgan fingerprint density at radius 2 is 0.871 bits per heavy atom. The van der Waals surface area contributed by atoms with Gasteiger partial charge in [0.25, 0.3) is 0 Å². The van der Waals surface area contributed by atoms with Crippen LogP contribution in [0.25, 0.3) is 0 Å². The molecule has 0 spiro atoms. The van der Waals surface area contributed by atoms with E-state index < -0.39 is 17.9 Å². The summed E-state index contributed by atoms with van der Waals surface area (Å²) in [6.07, 6.45) is 25.2. The maximum absolute atomic E-state index is 11.9. The Bertz CT molecular complexity index is 1200. The molecule has 4 amide bonds. The van der Waals surface area contributed by atoms with E-state index in [0.29, 0.717) is 83.2 Å². The van der Waals surface area contributed by atoms with E-state index in [1.54, 1.807) is 6.92 Å². The van der Waals surface area contributed by atoms with E-state index in [1.165, 1.54) is 44.9 Å². The third kappa shape index (κ3) is 50.6. The second-order valence-corrected chi connectivity index (χ2v) is 16.3. The van der Waals surface area contributed by atoms with Gasteiger partial charge in [0.15, 0.2) is 0 Å². The van der Waals surface area contributed by atoms with Gasteiger partial charge in [-0.15, -0.1) is 0 Å². The van der Waals surface area contributed by atoms with Gasteiger partial charge in [-0.2, -0.15) is 0 Å². The minimum absolute atomic E-state index is 0.0485. The van der Waals surface area contributed by atoms with Gasteiger partial charge in [-0.25, -0.2) is 0 Å². The summed E-state index contributed by atoms with van der Waals surface area (Å²) in [6, 6.07) is -0.903. The van der Waals surface area contributed by atoms with Crippen molar-refractivity contribution in [3.63, 3.8) is 0 Å². The molecule has 0 aromatic rings. The molecular weight excluding hydrogens is 795 g/mol. The number of aliphatic carboxylic acids is 1. The fourth-order valence-electron chi connectivity index (χ4n) is 6.15. The topological polar surface area (TPSA) is 265 Å². The number of aliphatic hydroxyl groups is 1. The summed E-state index contributed by atoms with van der Waals surface area (Å²) in [6.45, 7) is 8.96. The first-order valence-electron chi connectivity index (χ1n) is 23.8. The van der Waals surface area contributed by atoms with Gasteiger partial charge in [-0.05, 0) is 78.1 Å². The van der Waals surface area contributed by atoms with Crippen LogP contribution < -0.4 is 27.4 Å². The smallest absolute Gasteiger partial charge is 0.303 e. The monoisotopic (exact) mass is 884 g/mol. The molecular formula is C47H89N5O10. The molecule has 0 heterocycles. The second kappa shape index (κ2) is 46.8. The molecule has 62 heavy (non-hydrogen) atoms. The van der Waals surface area contributed by atoms with Crippen LogP contribution in [0.1, 0.15) is 214 Å². The number of aliphatic hydroxyl groups excluding tert-OH is 1. The lowest BCUT2D eigenvalue weighted by atomic mass is 10.0. The molecule has 0 aliphatic carbocycles. The first-order valence-corrected chi connectivity index (χ1v) is 23.8. The van der Waals surface area contributed by atoms with Gasteiger partial charge in [0, 0.05) is 76.9 Å². The lowest BCUT2D eigenvalue weighted by Gasteiger charge is -2.08. The van der Waals surface area contributed by atoms with Gasteiger partial charge in [0.1, 0.15) is 23.4 Å². The maximum Gasteiger partial charge on any atom is 0.303 e. The number of Topliss-reactive ketones (excluding diaryl/α,β-unsaturated/α-hetero) is 3.